The fourth-order valence-corrected chi connectivity index (χ4v) is 3.22. The molecule has 3 rings (SSSR count). The van der Waals surface area contributed by atoms with Crippen LogP contribution in [0.1, 0.15) is 28.4 Å². The number of rotatable bonds is 8. The Bertz CT molecular complexity index is 856. The van der Waals surface area contributed by atoms with Gasteiger partial charge < -0.3 is 15.2 Å². The van der Waals surface area contributed by atoms with Gasteiger partial charge in [0, 0.05) is 23.1 Å². The van der Waals surface area contributed by atoms with Crippen molar-refractivity contribution >= 4 is 28.3 Å². The maximum Gasteiger partial charge on any atom is 0.124 e. The van der Waals surface area contributed by atoms with Crippen LogP contribution in [0.5, 0.6) is 5.75 Å². The first-order valence-corrected chi connectivity index (χ1v) is 9.81. The van der Waals surface area contributed by atoms with Crippen LogP contribution in [-0.4, -0.2) is 11.7 Å². The molecule has 0 aromatic heterocycles. The molecule has 0 saturated heterocycles. The van der Waals surface area contributed by atoms with Gasteiger partial charge in [-0.25, -0.2) is 0 Å². The Hall–Kier alpha value is -1.85. The molecule has 3 aromatic rings. The lowest BCUT2D eigenvalue weighted by atomic mass is 10.1. The lowest BCUT2D eigenvalue weighted by molar-refractivity contribution is 0.174. The first-order chi connectivity index (χ1) is 13.1. The van der Waals surface area contributed by atoms with Crippen molar-refractivity contribution in [2.45, 2.75) is 26.2 Å². The molecule has 0 aliphatic carbocycles. The van der Waals surface area contributed by atoms with Crippen LogP contribution in [0, 0.1) is 6.92 Å². The average molecular weight is 463 g/mol. The van der Waals surface area contributed by atoms with Crippen molar-refractivity contribution in [3.63, 3.8) is 0 Å². The van der Waals surface area contributed by atoms with Crippen LogP contribution >= 0.6 is 28.3 Å². The van der Waals surface area contributed by atoms with Crippen LogP contribution in [0.2, 0.25) is 0 Å². The van der Waals surface area contributed by atoms with Gasteiger partial charge in [0.15, 0.2) is 0 Å². The molecule has 28 heavy (non-hydrogen) atoms. The second-order valence-corrected chi connectivity index (χ2v) is 7.50. The minimum atomic E-state index is -0.532. The maximum atomic E-state index is 10.3. The fraction of sp³-hybridized carbons (Fsp3) is 0.217. The zero-order valence-corrected chi connectivity index (χ0v) is 18.2. The maximum absolute atomic E-state index is 10.3. The Morgan fingerprint density at radius 2 is 1.71 bits per heavy atom. The normalized spacial score (nSPS) is 11.5. The number of hydrogen-bond donors (Lipinski definition) is 2. The molecule has 0 amide bonds. The summed E-state index contributed by atoms with van der Waals surface area (Å²) in [4.78, 5) is 0. The van der Waals surface area contributed by atoms with Gasteiger partial charge in [-0.2, -0.15) is 0 Å². The predicted octanol–water partition coefficient (Wildman–Crippen LogP) is 5.58. The van der Waals surface area contributed by atoms with E-state index in [1.54, 1.807) is 0 Å². The smallest absolute Gasteiger partial charge is 0.124 e. The molecule has 5 heteroatoms. The highest BCUT2D eigenvalue weighted by atomic mass is 79.9. The summed E-state index contributed by atoms with van der Waals surface area (Å²) >= 11 is 3.53. The van der Waals surface area contributed by atoms with Crippen LogP contribution < -0.4 is 10.1 Å². The van der Waals surface area contributed by atoms with Crippen LogP contribution in [-0.2, 0) is 13.2 Å². The van der Waals surface area contributed by atoms with Crippen LogP contribution in [0.15, 0.2) is 77.3 Å². The topological polar surface area (TPSA) is 41.5 Å². The molecular formula is C23H25BrClNO2. The SMILES string of the molecule is Cc1ccc(COc2ccc(Br)cc2CNCC(O)c2ccccc2)cc1.Cl. The Balaban J connectivity index is 0.00000280. The van der Waals surface area contributed by atoms with Crippen molar-refractivity contribution in [2.75, 3.05) is 6.54 Å². The van der Waals surface area contributed by atoms with E-state index in [-0.39, 0.29) is 12.4 Å². The average Bonchev–Trinajstić information content (AvgIpc) is 2.69. The number of halogens is 2. The van der Waals surface area contributed by atoms with E-state index in [9.17, 15) is 5.11 Å². The number of hydrogen-bond acceptors (Lipinski definition) is 3. The predicted molar refractivity (Wildman–Crippen MR) is 120 cm³/mol. The molecule has 0 spiro atoms. The Morgan fingerprint density at radius 1 is 1.00 bits per heavy atom. The van der Waals surface area contributed by atoms with E-state index in [0.717, 1.165) is 26.9 Å². The number of aliphatic hydroxyl groups is 1. The molecule has 0 bridgehead atoms. The molecule has 0 fully saturated rings. The zero-order valence-electron chi connectivity index (χ0n) is 15.8. The lowest BCUT2D eigenvalue weighted by Gasteiger charge is -2.15. The van der Waals surface area contributed by atoms with Crippen LogP contribution in [0.25, 0.3) is 0 Å². The Kier molecular flexibility index (Phi) is 9.00. The third-order valence-corrected chi connectivity index (χ3v) is 4.87. The van der Waals surface area contributed by atoms with Crippen molar-refractivity contribution in [3.05, 3.63) is 99.5 Å². The van der Waals surface area contributed by atoms with Gasteiger partial charge in [-0.1, -0.05) is 76.1 Å². The Morgan fingerprint density at radius 3 is 2.43 bits per heavy atom. The minimum Gasteiger partial charge on any atom is -0.489 e. The van der Waals surface area contributed by atoms with E-state index in [2.05, 4.69) is 52.4 Å². The molecule has 0 aliphatic heterocycles. The molecule has 0 radical (unpaired) electrons. The summed E-state index contributed by atoms with van der Waals surface area (Å²) in [6, 6.07) is 24.0. The summed E-state index contributed by atoms with van der Waals surface area (Å²) < 4.78 is 7.04. The van der Waals surface area contributed by atoms with Gasteiger partial charge in [0.25, 0.3) is 0 Å². The van der Waals surface area contributed by atoms with Crippen molar-refractivity contribution in [3.8, 4) is 5.75 Å². The zero-order chi connectivity index (χ0) is 19.1. The summed E-state index contributed by atoms with van der Waals surface area (Å²) in [6.45, 7) is 3.70. The van der Waals surface area contributed by atoms with Crippen LogP contribution in [0.4, 0.5) is 0 Å². The van der Waals surface area contributed by atoms with E-state index in [4.69, 9.17) is 4.74 Å². The summed E-state index contributed by atoms with van der Waals surface area (Å²) in [5.41, 5.74) is 4.35. The molecule has 1 unspecified atom stereocenters. The molecule has 148 valence electrons. The third-order valence-electron chi connectivity index (χ3n) is 4.37. The van der Waals surface area contributed by atoms with E-state index in [1.165, 1.54) is 5.56 Å². The molecule has 0 heterocycles. The van der Waals surface area contributed by atoms with Gasteiger partial charge in [-0.3, -0.25) is 0 Å². The second-order valence-electron chi connectivity index (χ2n) is 6.58. The number of aryl methyl sites for hydroxylation is 1. The van der Waals surface area contributed by atoms with Gasteiger partial charge in [0.1, 0.15) is 12.4 Å². The van der Waals surface area contributed by atoms with Gasteiger partial charge >= 0.3 is 0 Å². The van der Waals surface area contributed by atoms with E-state index in [1.807, 2.05) is 48.5 Å². The lowest BCUT2D eigenvalue weighted by Crippen LogP contribution is -2.21. The summed E-state index contributed by atoms with van der Waals surface area (Å²) in [5, 5.41) is 13.6. The molecule has 3 aromatic carbocycles. The third kappa shape index (κ3) is 6.64. The van der Waals surface area contributed by atoms with Gasteiger partial charge in [0.05, 0.1) is 6.10 Å². The number of ether oxygens (including phenoxy) is 1. The fourth-order valence-electron chi connectivity index (χ4n) is 2.81. The molecular weight excluding hydrogens is 438 g/mol. The van der Waals surface area contributed by atoms with E-state index >= 15 is 0 Å². The summed E-state index contributed by atoms with van der Waals surface area (Å²) in [6.07, 6.45) is -0.532. The Labute approximate surface area is 181 Å². The molecule has 0 aliphatic rings. The molecule has 0 saturated carbocycles. The van der Waals surface area contributed by atoms with Crippen molar-refractivity contribution < 1.29 is 9.84 Å². The number of aliphatic hydroxyl groups excluding tert-OH is 1. The van der Waals surface area contributed by atoms with Gasteiger partial charge in [-0.05, 0) is 36.2 Å². The summed E-state index contributed by atoms with van der Waals surface area (Å²) in [7, 11) is 0. The monoisotopic (exact) mass is 461 g/mol. The van der Waals surface area contributed by atoms with Crippen molar-refractivity contribution in [1.29, 1.82) is 0 Å². The van der Waals surface area contributed by atoms with E-state index in [0.29, 0.717) is 19.7 Å². The van der Waals surface area contributed by atoms with E-state index < -0.39 is 6.10 Å². The first-order valence-electron chi connectivity index (χ1n) is 9.02. The van der Waals surface area contributed by atoms with Crippen molar-refractivity contribution in [1.82, 2.24) is 5.32 Å². The highest BCUT2D eigenvalue weighted by molar-refractivity contribution is 9.10. The van der Waals surface area contributed by atoms with Gasteiger partial charge in [0.2, 0.25) is 0 Å². The minimum absolute atomic E-state index is 0. The molecule has 2 N–H and O–H groups in total. The quantitative estimate of drug-likeness (QED) is 0.459. The van der Waals surface area contributed by atoms with Crippen molar-refractivity contribution in [2.24, 2.45) is 0 Å². The largest absolute Gasteiger partial charge is 0.489 e. The highest BCUT2D eigenvalue weighted by Crippen LogP contribution is 2.24. The molecule has 3 nitrogen and oxygen atoms in total. The number of benzene rings is 3. The second kappa shape index (κ2) is 11.2. The highest BCUT2D eigenvalue weighted by Gasteiger charge is 2.09. The van der Waals surface area contributed by atoms with Crippen LogP contribution in [0.3, 0.4) is 0 Å². The molecule has 1 atom stereocenters. The number of nitrogens with one attached hydrogen (secondary N) is 1. The first kappa shape index (κ1) is 22.4. The van der Waals surface area contributed by atoms with Gasteiger partial charge in [-0.15, -0.1) is 12.4 Å². The standard InChI is InChI=1S/C23H24BrNO2.ClH/c1-17-7-9-18(10-8-17)16-27-23-12-11-21(24)13-20(23)14-25-15-22(26)19-5-3-2-4-6-19;/h2-13,22,25-26H,14-16H2,1H3;1H. The summed E-state index contributed by atoms with van der Waals surface area (Å²) in [5.74, 6) is 0.848.